The van der Waals surface area contributed by atoms with Crippen molar-refractivity contribution in [2.45, 2.75) is 32.4 Å². The van der Waals surface area contributed by atoms with E-state index in [4.69, 9.17) is 9.47 Å². The van der Waals surface area contributed by atoms with Crippen LogP contribution < -0.4 is 20.3 Å². The number of rotatable bonds is 8. The molecule has 0 radical (unpaired) electrons. The number of hydrogen-bond donors (Lipinski definition) is 1. The number of hydrogen-bond acceptors (Lipinski definition) is 8. The van der Waals surface area contributed by atoms with Crippen molar-refractivity contribution in [3.05, 3.63) is 52.3 Å². The van der Waals surface area contributed by atoms with E-state index in [1.165, 1.54) is 11.8 Å². The summed E-state index contributed by atoms with van der Waals surface area (Å²) in [5, 5.41) is 3.58. The molecule has 3 aromatic heterocycles. The van der Waals surface area contributed by atoms with Crippen LogP contribution in [0.15, 0.2) is 35.5 Å². The zero-order valence-corrected chi connectivity index (χ0v) is 19.0. The largest absolute Gasteiger partial charge is 0.495 e. The van der Waals surface area contributed by atoms with Gasteiger partial charge in [-0.05, 0) is 49.9 Å². The number of likely N-dealkylation sites (tertiary alicyclic amines) is 1. The lowest BCUT2D eigenvalue weighted by Crippen LogP contribution is -2.31. The first-order valence-electron chi connectivity index (χ1n) is 11.6. The summed E-state index contributed by atoms with van der Waals surface area (Å²) in [5.74, 6) is 2.15. The van der Waals surface area contributed by atoms with Gasteiger partial charge in [0.1, 0.15) is 11.5 Å². The molecule has 1 atom stereocenters. The van der Waals surface area contributed by atoms with Gasteiger partial charge in [-0.3, -0.25) is 9.78 Å². The van der Waals surface area contributed by atoms with E-state index >= 15 is 0 Å². The number of nitrogens with one attached hydrogen (secondary N) is 1. The normalized spacial score (nSPS) is 18.3. The monoisotopic (exact) mass is 450 g/mol. The highest BCUT2D eigenvalue weighted by Crippen LogP contribution is 2.24. The smallest absolute Gasteiger partial charge is 0.269 e. The number of pyridine rings is 2. The van der Waals surface area contributed by atoms with Crippen molar-refractivity contribution in [2.24, 2.45) is 5.92 Å². The lowest BCUT2D eigenvalue weighted by molar-refractivity contribution is 0.286. The van der Waals surface area contributed by atoms with E-state index in [-0.39, 0.29) is 5.56 Å². The molecule has 2 aliphatic heterocycles. The molecule has 0 amide bonds. The molecule has 2 aliphatic rings. The number of aromatic nitrogens is 4. The summed E-state index contributed by atoms with van der Waals surface area (Å²) in [6, 6.07) is 4.00. The summed E-state index contributed by atoms with van der Waals surface area (Å²) >= 11 is 0. The second-order valence-corrected chi connectivity index (χ2v) is 8.79. The van der Waals surface area contributed by atoms with E-state index in [2.05, 4.69) is 31.2 Å². The van der Waals surface area contributed by atoms with Gasteiger partial charge in [-0.2, -0.15) is 0 Å². The van der Waals surface area contributed by atoms with Crippen LogP contribution in [0.1, 0.15) is 24.1 Å². The Balaban J connectivity index is 1.13. The summed E-state index contributed by atoms with van der Waals surface area (Å²) in [6.07, 6.45) is 8.13. The minimum atomic E-state index is -0.113. The van der Waals surface area contributed by atoms with Gasteiger partial charge in [-0.25, -0.2) is 9.97 Å². The molecule has 0 aliphatic carbocycles. The second kappa shape index (κ2) is 9.84. The lowest BCUT2D eigenvalue weighted by atomic mass is 10.1. The van der Waals surface area contributed by atoms with E-state index in [1.54, 1.807) is 17.9 Å². The van der Waals surface area contributed by atoms with Crippen LogP contribution in [0.25, 0.3) is 11.2 Å². The van der Waals surface area contributed by atoms with Crippen molar-refractivity contribution in [3.63, 3.8) is 0 Å². The Morgan fingerprint density at radius 3 is 3.00 bits per heavy atom. The van der Waals surface area contributed by atoms with E-state index < -0.39 is 0 Å². The summed E-state index contributed by atoms with van der Waals surface area (Å²) < 4.78 is 12.7. The van der Waals surface area contributed by atoms with Gasteiger partial charge in [0.15, 0.2) is 5.65 Å². The molecule has 1 saturated heterocycles. The average Bonchev–Trinajstić information content (AvgIpc) is 3.30. The summed E-state index contributed by atoms with van der Waals surface area (Å²) in [5.41, 5.74) is 3.50. The van der Waals surface area contributed by atoms with E-state index in [1.807, 2.05) is 12.3 Å². The Bertz CT molecular complexity index is 1180. The van der Waals surface area contributed by atoms with Gasteiger partial charge in [-0.15, -0.1) is 0 Å². The maximum atomic E-state index is 12.5. The molecule has 1 N–H and O–H groups in total. The molecule has 5 heterocycles. The Hall–Kier alpha value is -3.04. The third-order valence-corrected chi connectivity index (χ3v) is 6.51. The second-order valence-electron chi connectivity index (χ2n) is 8.79. The molecule has 5 rings (SSSR count). The highest BCUT2D eigenvalue weighted by molar-refractivity contribution is 5.71. The number of methoxy groups -OCH3 is 1. The zero-order valence-electron chi connectivity index (χ0n) is 19.0. The molecule has 0 unspecified atom stereocenters. The fourth-order valence-electron chi connectivity index (χ4n) is 4.70. The van der Waals surface area contributed by atoms with E-state index in [9.17, 15) is 4.79 Å². The number of nitrogens with zero attached hydrogens (tertiary/aromatic N) is 5. The van der Waals surface area contributed by atoms with Crippen molar-refractivity contribution in [1.29, 1.82) is 0 Å². The topological polar surface area (TPSA) is 94.4 Å². The molecular formula is C24H30N6O3. The highest BCUT2D eigenvalue weighted by Gasteiger charge is 2.22. The lowest BCUT2D eigenvalue weighted by Gasteiger charge is -2.18. The first kappa shape index (κ1) is 21.8. The zero-order chi connectivity index (χ0) is 22.6. The molecule has 33 heavy (non-hydrogen) atoms. The third kappa shape index (κ3) is 4.99. The average molecular weight is 451 g/mol. The number of fused-ring (bicyclic) bond motifs is 2. The molecule has 0 spiro atoms. The molecule has 1 fully saturated rings. The van der Waals surface area contributed by atoms with E-state index in [0.717, 1.165) is 70.0 Å². The van der Waals surface area contributed by atoms with Crippen molar-refractivity contribution >= 4 is 11.2 Å². The Kier molecular flexibility index (Phi) is 6.50. The Morgan fingerprint density at radius 2 is 2.09 bits per heavy atom. The fourth-order valence-corrected chi connectivity index (χ4v) is 4.70. The summed E-state index contributed by atoms with van der Waals surface area (Å²) in [7, 11) is 1.59. The van der Waals surface area contributed by atoms with Crippen LogP contribution in [-0.4, -0.2) is 64.3 Å². The van der Waals surface area contributed by atoms with Gasteiger partial charge in [0, 0.05) is 32.2 Å². The first-order chi connectivity index (χ1) is 16.2. The van der Waals surface area contributed by atoms with Crippen LogP contribution in [0.5, 0.6) is 11.5 Å². The first-order valence-corrected chi connectivity index (χ1v) is 11.6. The third-order valence-electron chi connectivity index (χ3n) is 6.51. The minimum absolute atomic E-state index is 0.113. The van der Waals surface area contributed by atoms with Crippen LogP contribution >= 0.6 is 0 Å². The van der Waals surface area contributed by atoms with Crippen molar-refractivity contribution < 1.29 is 9.47 Å². The highest BCUT2D eigenvalue weighted by atomic mass is 16.5. The molecule has 3 aromatic rings. The molecule has 9 heteroatoms. The predicted molar refractivity (Wildman–Crippen MR) is 125 cm³/mol. The fraction of sp³-hybridized carbons (Fsp3) is 0.500. The summed E-state index contributed by atoms with van der Waals surface area (Å²) in [6.45, 7) is 6.02. The quantitative estimate of drug-likeness (QED) is 0.554. The van der Waals surface area contributed by atoms with Crippen molar-refractivity contribution in [2.75, 3.05) is 39.9 Å². The standard InChI is InChI=1S/C24H30N6O3/c1-32-20-10-21-24(27-13-20)28-15-23(31)30(21)7-6-29-5-4-17(16-29)11-25-12-19-9-18-3-2-8-33-22(18)14-26-19/h9-10,13-15,17,25H,2-8,11-12,16H2,1H3/t17-/m1/s1. The maximum Gasteiger partial charge on any atom is 0.269 e. The van der Waals surface area contributed by atoms with Crippen LogP contribution in [0, 0.1) is 5.92 Å². The molecular weight excluding hydrogens is 420 g/mol. The molecule has 0 aromatic carbocycles. The van der Waals surface area contributed by atoms with E-state index in [0.29, 0.717) is 29.4 Å². The molecule has 0 saturated carbocycles. The van der Waals surface area contributed by atoms with Crippen LogP contribution in [0.3, 0.4) is 0 Å². The summed E-state index contributed by atoms with van der Waals surface area (Å²) in [4.78, 5) is 27.9. The minimum Gasteiger partial charge on any atom is -0.495 e. The number of aryl methyl sites for hydroxylation is 1. The van der Waals surface area contributed by atoms with Gasteiger partial charge in [0.2, 0.25) is 0 Å². The molecule has 0 bridgehead atoms. The Labute approximate surface area is 192 Å². The van der Waals surface area contributed by atoms with Gasteiger partial charge in [0.25, 0.3) is 5.56 Å². The van der Waals surface area contributed by atoms with Gasteiger partial charge >= 0.3 is 0 Å². The van der Waals surface area contributed by atoms with Crippen molar-refractivity contribution in [1.82, 2.24) is 29.7 Å². The van der Waals surface area contributed by atoms with Gasteiger partial charge < -0.3 is 24.3 Å². The molecule has 174 valence electrons. The van der Waals surface area contributed by atoms with Crippen LogP contribution in [0.4, 0.5) is 0 Å². The predicted octanol–water partition coefficient (Wildman–Crippen LogP) is 1.63. The number of ether oxygens (including phenoxy) is 2. The van der Waals surface area contributed by atoms with Crippen LogP contribution in [-0.2, 0) is 19.5 Å². The van der Waals surface area contributed by atoms with Crippen LogP contribution in [0.2, 0.25) is 0 Å². The Morgan fingerprint density at radius 1 is 1.18 bits per heavy atom. The van der Waals surface area contributed by atoms with Gasteiger partial charge in [0.05, 0.1) is 43.5 Å². The van der Waals surface area contributed by atoms with Crippen molar-refractivity contribution in [3.8, 4) is 11.5 Å². The molecule has 9 nitrogen and oxygen atoms in total. The SMILES string of the molecule is COc1cnc2ncc(=O)n(CCN3CC[C@H](CNCc4cc5c(cn4)OCCC5)C3)c2c1. The van der Waals surface area contributed by atoms with Gasteiger partial charge in [-0.1, -0.05) is 0 Å². The maximum absolute atomic E-state index is 12.5.